The molecule has 0 saturated carbocycles. The molecule has 0 amide bonds. The van der Waals surface area contributed by atoms with Gasteiger partial charge in [-0.15, -0.1) is 0 Å². The molecule has 0 spiro atoms. The summed E-state index contributed by atoms with van der Waals surface area (Å²) in [5, 5.41) is 6.13. The molecule has 2 N–H and O–H groups in total. The van der Waals surface area contributed by atoms with Crippen LogP contribution in [0.15, 0.2) is 76.9 Å². The zero-order valence-electron chi connectivity index (χ0n) is 17.4. The second kappa shape index (κ2) is 9.19. The van der Waals surface area contributed by atoms with Crippen LogP contribution in [0.2, 0.25) is 0 Å². The van der Waals surface area contributed by atoms with Gasteiger partial charge in [0.2, 0.25) is 0 Å². The lowest BCUT2D eigenvalue weighted by atomic mass is 10.1. The highest BCUT2D eigenvalue weighted by atomic mass is 16.5. The van der Waals surface area contributed by atoms with Crippen molar-refractivity contribution < 1.29 is 4.74 Å². The van der Waals surface area contributed by atoms with E-state index in [0.29, 0.717) is 6.61 Å². The van der Waals surface area contributed by atoms with Crippen molar-refractivity contribution in [3.8, 4) is 5.69 Å². The maximum atomic E-state index is 12.1. The van der Waals surface area contributed by atoms with E-state index in [1.807, 2.05) is 63.4 Å². The fourth-order valence-corrected chi connectivity index (χ4v) is 3.05. The molecule has 0 bridgehead atoms. The van der Waals surface area contributed by atoms with Gasteiger partial charge in [-0.25, -0.2) is 14.7 Å². The van der Waals surface area contributed by atoms with Gasteiger partial charge in [0.25, 0.3) is 0 Å². The Kier molecular flexibility index (Phi) is 6.44. The first kappa shape index (κ1) is 20.3. The van der Waals surface area contributed by atoms with Crippen LogP contribution in [-0.4, -0.2) is 21.6 Å². The third-order valence-corrected chi connectivity index (χ3v) is 4.94. The van der Waals surface area contributed by atoms with Crippen molar-refractivity contribution in [2.45, 2.75) is 26.9 Å². The standard InChI is InChI=1S/C23H28N4O2/c1-17-10-8-14-21(27-23(28)26(4)25-27)20(17)16-29-22(18(2)24-3)15-9-13-19-11-6-5-7-12-19/h5-12,14-15,24-25H,13,16H2,1-4H3/b15-9-,22-18+. The Morgan fingerprint density at radius 2 is 1.93 bits per heavy atom. The average molecular weight is 393 g/mol. The molecule has 2 aromatic carbocycles. The Balaban J connectivity index is 1.79. The summed E-state index contributed by atoms with van der Waals surface area (Å²) in [5.74, 6) is 0.776. The van der Waals surface area contributed by atoms with Gasteiger partial charge in [-0.1, -0.05) is 48.5 Å². The lowest BCUT2D eigenvalue weighted by molar-refractivity contribution is 0.205. The number of H-pyrrole nitrogens is 1. The van der Waals surface area contributed by atoms with Crippen molar-refractivity contribution in [2.75, 3.05) is 7.05 Å². The molecule has 3 rings (SSSR count). The van der Waals surface area contributed by atoms with Crippen molar-refractivity contribution in [1.29, 1.82) is 0 Å². The lowest BCUT2D eigenvalue weighted by Gasteiger charge is -2.19. The SMILES string of the molecule is CN/C(C)=C(\C=C/Cc1ccccc1)OCc1c(C)cccc1-n1[nH]n(C)c1=O. The second-order valence-corrected chi connectivity index (χ2v) is 6.97. The van der Waals surface area contributed by atoms with Crippen LogP contribution in [0.4, 0.5) is 0 Å². The molecule has 0 fully saturated rings. The van der Waals surface area contributed by atoms with E-state index in [2.05, 4.69) is 28.7 Å². The first-order valence-electron chi connectivity index (χ1n) is 9.65. The number of ether oxygens (including phenoxy) is 1. The van der Waals surface area contributed by atoms with Gasteiger partial charge < -0.3 is 10.1 Å². The number of aromatic amines is 1. The number of hydrogen-bond donors (Lipinski definition) is 2. The molecule has 0 aliphatic rings. The maximum absolute atomic E-state index is 12.1. The van der Waals surface area contributed by atoms with Gasteiger partial charge in [-0.05, 0) is 43.5 Å². The van der Waals surface area contributed by atoms with E-state index < -0.39 is 0 Å². The summed E-state index contributed by atoms with van der Waals surface area (Å²) in [5.41, 5.74) is 4.95. The van der Waals surface area contributed by atoms with Crippen molar-refractivity contribution in [3.63, 3.8) is 0 Å². The molecule has 0 unspecified atom stereocenters. The normalized spacial score (nSPS) is 12.3. The monoisotopic (exact) mass is 392 g/mol. The molecule has 3 aromatic rings. The van der Waals surface area contributed by atoms with Crippen LogP contribution in [0, 0.1) is 6.92 Å². The van der Waals surface area contributed by atoms with Crippen molar-refractivity contribution in [1.82, 2.24) is 19.9 Å². The van der Waals surface area contributed by atoms with Crippen LogP contribution in [-0.2, 0) is 24.8 Å². The molecule has 29 heavy (non-hydrogen) atoms. The van der Waals surface area contributed by atoms with E-state index in [1.165, 1.54) is 14.9 Å². The molecule has 0 aliphatic carbocycles. The van der Waals surface area contributed by atoms with Gasteiger partial charge in [0.1, 0.15) is 12.4 Å². The second-order valence-electron chi connectivity index (χ2n) is 6.97. The van der Waals surface area contributed by atoms with Crippen LogP contribution in [0.5, 0.6) is 0 Å². The molecular formula is C23H28N4O2. The van der Waals surface area contributed by atoms with Crippen LogP contribution in [0.3, 0.4) is 0 Å². The summed E-state index contributed by atoms with van der Waals surface area (Å²) in [4.78, 5) is 12.1. The third-order valence-electron chi connectivity index (χ3n) is 4.94. The van der Waals surface area contributed by atoms with Crippen LogP contribution < -0.4 is 11.0 Å². The van der Waals surface area contributed by atoms with E-state index in [-0.39, 0.29) is 5.69 Å². The van der Waals surface area contributed by atoms with E-state index in [0.717, 1.165) is 34.7 Å². The zero-order valence-corrected chi connectivity index (χ0v) is 17.4. The minimum absolute atomic E-state index is 0.0956. The molecule has 0 aliphatic heterocycles. The summed E-state index contributed by atoms with van der Waals surface area (Å²) in [6.45, 7) is 4.37. The van der Waals surface area contributed by atoms with Crippen molar-refractivity contribution in [3.05, 3.63) is 99.3 Å². The number of allylic oxidation sites excluding steroid dienone is 3. The van der Waals surface area contributed by atoms with Gasteiger partial charge >= 0.3 is 5.69 Å². The number of aryl methyl sites for hydroxylation is 2. The first-order chi connectivity index (χ1) is 14.0. The summed E-state index contributed by atoms with van der Waals surface area (Å²) in [6, 6.07) is 16.2. The number of nitrogens with zero attached hydrogens (tertiary/aromatic N) is 2. The molecule has 6 nitrogen and oxygen atoms in total. The molecule has 0 saturated heterocycles. The topological polar surface area (TPSA) is 64.0 Å². The first-order valence-corrected chi connectivity index (χ1v) is 9.65. The Hall–Kier alpha value is -3.41. The summed E-state index contributed by atoms with van der Waals surface area (Å²) in [7, 11) is 3.57. The van der Waals surface area contributed by atoms with Crippen LogP contribution in [0.25, 0.3) is 5.69 Å². The number of rotatable bonds is 8. The minimum Gasteiger partial charge on any atom is -0.487 e. The number of nitrogens with one attached hydrogen (secondary N) is 2. The highest BCUT2D eigenvalue weighted by Crippen LogP contribution is 2.20. The van der Waals surface area contributed by atoms with E-state index >= 15 is 0 Å². The third kappa shape index (κ3) is 4.71. The maximum Gasteiger partial charge on any atom is 0.364 e. The highest BCUT2D eigenvalue weighted by molar-refractivity contribution is 5.44. The highest BCUT2D eigenvalue weighted by Gasteiger charge is 2.14. The Morgan fingerprint density at radius 1 is 1.17 bits per heavy atom. The molecule has 0 radical (unpaired) electrons. The van der Waals surface area contributed by atoms with Crippen molar-refractivity contribution >= 4 is 0 Å². The van der Waals surface area contributed by atoms with Crippen molar-refractivity contribution in [2.24, 2.45) is 7.05 Å². The zero-order chi connectivity index (χ0) is 20.8. The van der Waals surface area contributed by atoms with E-state index in [1.54, 1.807) is 7.05 Å². The van der Waals surface area contributed by atoms with Gasteiger partial charge in [0.15, 0.2) is 0 Å². The molecule has 6 heteroatoms. The molecule has 152 valence electrons. The Labute approximate surface area is 171 Å². The van der Waals surface area contributed by atoms with Gasteiger partial charge in [0.05, 0.1) is 5.69 Å². The fraction of sp³-hybridized carbons (Fsp3) is 0.261. The average Bonchev–Trinajstić information content (AvgIpc) is 2.75. The van der Waals surface area contributed by atoms with E-state index in [4.69, 9.17) is 4.74 Å². The predicted octanol–water partition coefficient (Wildman–Crippen LogP) is 3.58. The minimum atomic E-state index is -0.0956. The van der Waals surface area contributed by atoms with Gasteiger partial charge in [-0.3, -0.25) is 0 Å². The predicted molar refractivity (Wildman–Crippen MR) is 116 cm³/mol. The molecule has 0 atom stereocenters. The smallest absolute Gasteiger partial charge is 0.364 e. The summed E-state index contributed by atoms with van der Waals surface area (Å²) >= 11 is 0. The molecule has 1 heterocycles. The Morgan fingerprint density at radius 3 is 2.59 bits per heavy atom. The number of hydrogen-bond acceptors (Lipinski definition) is 3. The van der Waals surface area contributed by atoms with Crippen LogP contribution >= 0.6 is 0 Å². The largest absolute Gasteiger partial charge is 0.487 e. The molecular weight excluding hydrogens is 364 g/mol. The number of benzene rings is 2. The van der Waals surface area contributed by atoms with Crippen LogP contribution in [0.1, 0.15) is 23.6 Å². The van der Waals surface area contributed by atoms with E-state index in [9.17, 15) is 4.79 Å². The van der Waals surface area contributed by atoms with Gasteiger partial charge in [-0.2, -0.15) is 4.68 Å². The fourth-order valence-electron chi connectivity index (χ4n) is 3.05. The Bertz CT molecular complexity index is 1070. The molecule has 1 aromatic heterocycles. The quantitative estimate of drug-likeness (QED) is 0.455. The van der Waals surface area contributed by atoms with Gasteiger partial charge in [0, 0.05) is 25.4 Å². The summed E-state index contributed by atoms with van der Waals surface area (Å²) < 4.78 is 9.15. The number of aromatic nitrogens is 3. The lowest BCUT2D eigenvalue weighted by Crippen LogP contribution is -2.40. The summed E-state index contributed by atoms with van der Waals surface area (Å²) in [6.07, 6.45) is 4.93.